The standard InChI is InChI=1S/C26H37N5O3/c32-23(16-29-9-2-1-3-10-29)17-30-11-13-31(14-12-30)18-25-28-24(19-34-25)26(33)27-22-8-7-20-5-4-6-21(20)15-22/h7-8,15,19,23,32H,1-6,9-14,16-18H2,(H,27,33). The number of hydrogen-bond donors (Lipinski definition) is 2. The number of aryl methyl sites for hydroxylation is 2. The van der Waals surface area contributed by atoms with Crippen LogP contribution in [0.5, 0.6) is 0 Å². The summed E-state index contributed by atoms with van der Waals surface area (Å²) < 4.78 is 5.60. The first-order chi connectivity index (χ1) is 16.6. The number of nitrogens with zero attached hydrogens (tertiary/aromatic N) is 4. The van der Waals surface area contributed by atoms with E-state index >= 15 is 0 Å². The molecule has 184 valence electrons. The van der Waals surface area contributed by atoms with Crippen LogP contribution >= 0.6 is 0 Å². The number of nitrogens with one attached hydrogen (secondary N) is 1. The molecule has 2 saturated heterocycles. The molecule has 8 heteroatoms. The molecule has 1 aliphatic carbocycles. The second kappa shape index (κ2) is 11.0. The largest absolute Gasteiger partial charge is 0.447 e. The van der Waals surface area contributed by atoms with Gasteiger partial charge in [-0.2, -0.15) is 0 Å². The topological polar surface area (TPSA) is 85.1 Å². The molecule has 1 atom stereocenters. The molecule has 0 spiro atoms. The molecule has 8 nitrogen and oxygen atoms in total. The van der Waals surface area contributed by atoms with Crippen molar-refractivity contribution in [3.63, 3.8) is 0 Å². The maximum absolute atomic E-state index is 12.6. The average molecular weight is 468 g/mol. The van der Waals surface area contributed by atoms with Gasteiger partial charge < -0.3 is 19.7 Å². The number of piperazine rings is 1. The Hall–Kier alpha value is -2.26. The number of piperidine rings is 1. The summed E-state index contributed by atoms with van der Waals surface area (Å²) in [6, 6.07) is 6.15. The third kappa shape index (κ3) is 6.05. The Morgan fingerprint density at radius 2 is 1.65 bits per heavy atom. The SMILES string of the molecule is O=C(Nc1ccc2c(c1)CCC2)c1coc(CN2CCN(CC(O)CN3CCCCC3)CC2)n1. The van der Waals surface area contributed by atoms with E-state index in [4.69, 9.17) is 4.42 Å². The zero-order chi connectivity index (χ0) is 23.3. The Kier molecular flexibility index (Phi) is 7.59. The monoisotopic (exact) mass is 467 g/mol. The van der Waals surface area contributed by atoms with Crippen LogP contribution in [0.4, 0.5) is 5.69 Å². The van der Waals surface area contributed by atoms with Crippen LogP contribution in [-0.4, -0.2) is 89.2 Å². The summed E-state index contributed by atoms with van der Waals surface area (Å²) in [4.78, 5) is 24.1. The van der Waals surface area contributed by atoms with E-state index in [-0.39, 0.29) is 12.0 Å². The summed E-state index contributed by atoms with van der Waals surface area (Å²) in [6.07, 6.45) is 8.38. The molecule has 1 unspecified atom stereocenters. The van der Waals surface area contributed by atoms with Crippen LogP contribution in [0.25, 0.3) is 0 Å². The van der Waals surface area contributed by atoms with Gasteiger partial charge in [0.05, 0.1) is 12.6 Å². The van der Waals surface area contributed by atoms with Crippen molar-refractivity contribution >= 4 is 11.6 Å². The van der Waals surface area contributed by atoms with Crippen molar-refractivity contribution in [1.82, 2.24) is 19.7 Å². The number of anilines is 1. The van der Waals surface area contributed by atoms with Crippen LogP contribution in [0, 0.1) is 0 Å². The van der Waals surface area contributed by atoms with Gasteiger partial charge in [0.1, 0.15) is 6.26 Å². The molecule has 3 aliphatic rings. The summed E-state index contributed by atoms with van der Waals surface area (Å²) in [5.41, 5.74) is 3.85. The first-order valence-electron chi connectivity index (χ1n) is 12.8. The second-order valence-corrected chi connectivity index (χ2v) is 10.0. The smallest absolute Gasteiger partial charge is 0.277 e. The molecule has 2 fully saturated rings. The van der Waals surface area contributed by atoms with Crippen molar-refractivity contribution in [3.8, 4) is 0 Å². The number of β-amino-alcohol motifs (C(OH)–C–C–N with tert-alkyl or cyclic N) is 1. The molecule has 0 bridgehead atoms. The fourth-order valence-electron chi connectivity index (χ4n) is 5.45. The summed E-state index contributed by atoms with van der Waals surface area (Å²) in [6.45, 7) is 7.99. The number of amides is 1. The van der Waals surface area contributed by atoms with Gasteiger partial charge in [-0.25, -0.2) is 4.98 Å². The Balaban J connectivity index is 1.05. The minimum atomic E-state index is -0.289. The van der Waals surface area contributed by atoms with Crippen LogP contribution in [-0.2, 0) is 19.4 Å². The second-order valence-electron chi connectivity index (χ2n) is 10.0. The van der Waals surface area contributed by atoms with Crippen molar-refractivity contribution < 1.29 is 14.3 Å². The van der Waals surface area contributed by atoms with Crippen molar-refractivity contribution in [2.75, 3.05) is 57.7 Å². The molecule has 2 N–H and O–H groups in total. The van der Waals surface area contributed by atoms with Crippen LogP contribution in [0.2, 0.25) is 0 Å². The highest BCUT2D eigenvalue weighted by Gasteiger charge is 2.23. The number of fused-ring (bicyclic) bond motifs is 1. The maximum Gasteiger partial charge on any atom is 0.277 e. The number of carbonyl (C=O) groups is 1. The highest BCUT2D eigenvalue weighted by molar-refractivity contribution is 6.02. The quantitative estimate of drug-likeness (QED) is 0.617. The number of aliphatic hydroxyl groups is 1. The van der Waals surface area contributed by atoms with Crippen molar-refractivity contribution in [2.45, 2.75) is 51.2 Å². The van der Waals surface area contributed by atoms with E-state index in [9.17, 15) is 9.90 Å². The van der Waals surface area contributed by atoms with Crippen LogP contribution in [0.1, 0.15) is 53.2 Å². The lowest BCUT2D eigenvalue weighted by Gasteiger charge is -2.36. The van der Waals surface area contributed by atoms with E-state index in [1.165, 1.54) is 43.1 Å². The minimum absolute atomic E-state index is 0.236. The summed E-state index contributed by atoms with van der Waals surface area (Å²) in [5, 5.41) is 13.5. The number of carbonyl (C=O) groups excluding carboxylic acids is 1. The fraction of sp³-hybridized carbons (Fsp3) is 0.615. The van der Waals surface area contributed by atoms with Gasteiger partial charge >= 0.3 is 0 Å². The van der Waals surface area contributed by atoms with Crippen molar-refractivity contribution in [2.24, 2.45) is 0 Å². The molecule has 1 aromatic carbocycles. The number of aromatic nitrogens is 1. The van der Waals surface area contributed by atoms with Crippen molar-refractivity contribution in [3.05, 3.63) is 47.2 Å². The minimum Gasteiger partial charge on any atom is -0.447 e. The molecule has 0 radical (unpaired) electrons. The van der Waals surface area contributed by atoms with E-state index in [0.717, 1.165) is 70.9 Å². The Morgan fingerprint density at radius 1 is 0.941 bits per heavy atom. The van der Waals surface area contributed by atoms with Crippen molar-refractivity contribution in [1.29, 1.82) is 0 Å². The Bertz CT molecular complexity index is 963. The Morgan fingerprint density at radius 3 is 2.44 bits per heavy atom. The van der Waals surface area contributed by atoms with Crippen LogP contribution < -0.4 is 5.32 Å². The van der Waals surface area contributed by atoms with Crippen LogP contribution in [0.3, 0.4) is 0 Å². The number of aliphatic hydroxyl groups excluding tert-OH is 1. The van der Waals surface area contributed by atoms with Gasteiger partial charge in [-0.1, -0.05) is 12.5 Å². The van der Waals surface area contributed by atoms with Gasteiger partial charge in [0.25, 0.3) is 5.91 Å². The predicted octanol–water partition coefficient (Wildman–Crippen LogP) is 2.38. The van der Waals surface area contributed by atoms with Gasteiger partial charge in [0, 0.05) is 45.0 Å². The molecular weight excluding hydrogens is 430 g/mol. The fourth-order valence-corrected chi connectivity index (χ4v) is 5.45. The van der Waals surface area contributed by atoms with Gasteiger partial charge in [-0.15, -0.1) is 0 Å². The molecule has 34 heavy (non-hydrogen) atoms. The van der Waals surface area contributed by atoms with E-state index < -0.39 is 0 Å². The third-order valence-electron chi connectivity index (χ3n) is 7.35. The van der Waals surface area contributed by atoms with E-state index in [0.29, 0.717) is 18.1 Å². The lowest BCUT2D eigenvalue weighted by Crippen LogP contribution is -2.50. The predicted molar refractivity (Wildman–Crippen MR) is 131 cm³/mol. The zero-order valence-corrected chi connectivity index (χ0v) is 20.0. The number of benzene rings is 1. The summed E-state index contributed by atoms with van der Waals surface area (Å²) >= 11 is 0. The first-order valence-corrected chi connectivity index (χ1v) is 12.8. The zero-order valence-electron chi connectivity index (χ0n) is 20.0. The Labute approximate surface area is 201 Å². The molecule has 2 aliphatic heterocycles. The van der Waals surface area contributed by atoms with E-state index in [1.807, 2.05) is 6.07 Å². The third-order valence-corrected chi connectivity index (χ3v) is 7.35. The molecule has 0 saturated carbocycles. The van der Waals surface area contributed by atoms with E-state index in [1.54, 1.807) is 0 Å². The molecule has 5 rings (SSSR count). The first kappa shape index (κ1) is 23.5. The highest BCUT2D eigenvalue weighted by atomic mass is 16.3. The number of rotatable bonds is 8. The maximum atomic E-state index is 12.6. The van der Waals surface area contributed by atoms with Gasteiger partial charge in [-0.05, 0) is 68.5 Å². The lowest BCUT2D eigenvalue weighted by molar-refractivity contribution is 0.0434. The molecular formula is C26H37N5O3. The lowest BCUT2D eigenvalue weighted by atomic mass is 10.1. The molecule has 1 amide bonds. The number of oxazole rings is 1. The summed E-state index contributed by atoms with van der Waals surface area (Å²) in [7, 11) is 0. The average Bonchev–Trinajstić information content (AvgIpc) is 3.50. The highest BCUT2D eigenvalue weighted by Crippen LogP contribution is 2.25. The number of hydrogen-bond acceptors (Lipinski definition) is 7. The van der Waals surface area contributed by atoms with E-state index in [2.05, 4.69) is 37.1 Å². The van der Waals surface area contributed by atoms with Gasteiger partial charge in [0.15, 0.2) is 5.69 Å². The number of likely N-dealkylation sites (tertiary alicyclic amines) is 1. The van der Waals surface area contributed by atoms with Gasteiger partial charge in [-0.3, -0.25) is 14.6 Å². The van der Waals surface area contributed by atoms with Gasteiger partial charge in [0.2, 0.25) is 5.89 Å². The molecule has 1 aromatic heterocycles. The molecule has 3 heterocycles. The molecule has 2 aromatic rings. The summed E-state index contributed by atoms with van der Waals surface area (Å²) in [5.74, 6) is 0.332. The normalized spacial score (nSPS) is 20.9. The van der Waals surface area contributed by atoms with Crippen LogP contribution in [0.15, 0.2) is 28.9 Å².